The van der Waals surface area contributed by atoms with Crippen molar-refractivity contribution in [2.45, 2.75) is 19.4 Å². The number of para-hydroxylation sites is 1. The van der Waals surface area contributed by atoms with Crippen LogP contribution in [0.4, 0.5) is 17.3 Å². The van der Waals surface area contributed by atoms with E-state index in [1.807, 2.05) is 0 Å². The number of carbonyl (C=O) groups is 1. The van der Waals surface area contributed by atoms with Gasteiger partial charge in [0.1, 0.15) is 17.5 Å². The van der Waals surface area contributed by atoms with Crippen molar-refractivity contribution in [1.82, 2.24) is 9.97 Å². The van der Waals surface area contributed by atoms with Crippen molar-refractivity contribution in [2.24, 2.45) is 0 Å². The molecule has 3 rings (SSSR count). The molecule has 1 atom stereocenters. The molecule has 1 aliphatic heterocycles. The third kappa shape index (κ3) is 4.24. The fraction of sp³-hybridized carbons (Fsp3) is 0.312. The highest BCUT2D eigenvalue weighted by Gasteiger charge is 2.28. The molecule has 132 valence electrons. The Hall–Kier alpha value is -2.68. The molecule has 3 N–H and O–H groups in total. The van der Waals surface area contributed by atoms with Gasteiger partial charge >= 0.3 is 5.97 Å². The highest BCUT2D eigenvalue weighted by molar-refractivity contribution is 7.91. The van der Waals surface area contributed by atoms with Gasteiger partial charge in [-0.05, 0) is 25.5 Å². The first-order valence-corrected chi connectivity index (χ1v) is 9.56. The molecule has 0 amide bonds. The van der Waals surface area contributed by atoms with E-state index in [1.54, 1.807) is 31.2 Å². The molecular weight excluding hydrogens is 344 g/mol. The van der Waals surface area contributed by atoms with E-state index in [0.29, 0.717) is 29.6 Å². The summed E-state index contributed by atoms with van der Waals surface area (Å²) in [6, 6.07) is 7.98. The molecular formula is C16H18N4O4S. The van der Waals surface area contributed by atoms with Gasteiger partial charge in [0.05, 0.1) is 22.8 Å². The monoisotopic (exact) mass is 362 g/mol. The first-order chi connectivity index (χ1) is 11.8. The van der Waals surface area contributed by atoms with Crippen LogP contribution >= 0.6 is 0 Å². The lowest BCUT2D eigenvalue weighted by Crippen LogP contribution is -2.21. The molecule has 1 fully saturated rings. The lowest BCUT2D eigenvalue weighted by molar-refractivity contribution is 0.0698. The third-order valence-corrected chi connectivity index (χ3v) is 5.61. The van der Waals surface area contributed by atoms with Crippen LogP contribution in [0.25, 0.3) is 0 Å². The van der Waals surface area contributed by atoms with Crippen molar-refractivity contribution in [3.8, 4) is 0 Å². The summed E-state index contributed by atoms with van der Waals surface area (Å²) in [6.45, 7) is 1.71. The van der Waals surface area contributed by atoms with Crippen LogP contribution in [0, 0.1) is 6.92 Å². The van der Waals surface area contributed by atoms with Crippen LogP contribution in [-0.4, -0.2) is 47.0 Å². The minimum Gasteiger partial charge on any atom is -0.478 e. The second-order valence-corrected chi connectivity index (χ2v) is 8.13. The lowest BCUT2D eigenvalue weighted by Gasteiger charge is -2.14. The summed E-state index contributed by atoms with van der Waals surface area (Å²) in [6.07, 6.45) is 0.538. The van der Waals surface area contributed by atoms with Gasteiger partial charge in [-0.25, -0.2) is 23.2 Å². The van der Waals surface area contributed by atoms with E-state index in [-0.39, 0.29) is 23.1 Å². The van der Waals surface area contributed by atoms with Gasteiger partial charge in [0, 0.05) is 12.1 Å². The largest absolute Gasteiger partial charge is 0.478 e. The molecule has 1 saturated heterocycles. The van der Waals surface area contributed by atoms with Crippen LogP contribution < -0.4 is 10.6 Å². The number of anilines is 3. The molecule has 0 aliphatic carbocycles. The molecule has 1 aliphatic rings. The number of aromatic nitrogens is 2. The highest BCUT2D eigenvalue weighted by atomic mass is 32.2. The number of nitrogens with one attached hydrogen (secondary N) is 2. The SMILES string of the molecule is Cc1nc(Nc2ccccc2C(=O)O)cc(NC2CCS(=O)(=O)C2)n1. The summed E-state index contributed by atoms with van der Waals surface area (Å²) in [7, 11) is -2.99. The minimum absolute atomic E-state index is 0.0840. The number of carboxylic acid groups (broad SMARTS) is 1. The number of hydrogen-bond acceptors (Lipinski definition) is 7. The van der Waals surface area contributed by atoms with E-state index in [1.165, 1.54) is 6.07 Å². The topological polar surface area (TPSA) is 121 Å². The Bertz CT molecular complexity index is 914. The zero-order chi connectivity index (χ0) is 18.0. The Morgan fingerprint density at radius 2 is 1.96 bits per heavy atom. The van der Waals surface area contributed by atoms with Gasteiger partial charge in [0.25, 0.3) is 0 Å². The van der Waals surface area contributed by atoms with Crippen LogP contribution in [0.3, 0.4) is 0 Å². The predicted octanol–water partition coefficient (Wildman–Crippen LogP) is 1.83. The Labute approximate surface area is 145 Å². The van der Waals surface area contributed by atoms with E-state index < -0.39 is 15.8 Å². The van der Waals surface area contributed by atoms with E-state index in [4.69, 9.17) is 0 Å². The van der Waals surface area contributed by atoms with Crippen molar-refractivity contribution >= 4 is 33.1 Å². The van der Waals surface area contributed by atoms with E-state index in [9.17, 15) is 18.3 Å². The molecule has 2 heterocycles. The Morgan fingerprint density at radius 3 is 2.64 bits per heavy atom. The maximum absolute atomic E-state index is 11.6. The van der Waals surface area contributed by atoms with Crippen LogP contribution in [0.15, 0.2) is 30.3 Å². The van der Waals surface area contributed by atoms with Crippen LogP contribution in [0.5, 0.6) is 0 Å². The summed E-state index contributed by atoms with van der Waals surface area (Å²) < 4.78 is 23.1. The molecule has 0 spiro atoms. The average Bonchev–Trinajstić information content (AvgIpc) is 2.85. The molecule has 25 heavy (non-hydrogen) atoms. The number of nitrogens with zero attached hydrogens (tertiary/aromatic N) is 2. The zero-order valence-electron chi connectivity index (χ0n) is 13.6. The Balaban J connectivity index is 1.82. The first-order valence-electron chi connectivity index (χ1n) is 7.74. The Kier molecular flexibility index (Phi) is 4.58. The van der Waals surface area contributed by atoms with Crippen molar-refractivity contribution < 1.29 is 18.3 Å². The molecule has 1 aromatic carbocycles. The maximum atomic E-state index is 11.6. The van der Waals surface area contributed by atoms with Gasteiger partial charge in [0.15, 0.2) is 9.84 Å². The summed E-state index contributed by atoms with van der Waals surface area (Å²) in [5.74, 6) is 0.644. The van der Waals surface area contributed by atoms with E-state index >= 15 is 0 Å². The van der Waals surface area contributed by atoms with E-state index in [2.05, 4.69) is 20.6 Å². The smallest absolute Gasteiger partial charge is 0.337 e. The third-order valence-electron chi connectivity index (χ3n) is 3.84. The van der Waals surface area contributed by atoms with Crippen LogP contribution in [-0.2, 0) is 9.84 Å². The fourth-order valence-corrected chi connectivity index (χ4v) is 4.41. The second kappa shape index (κ2) is 6.67. The predicted molar refractivity (Wildman–Crippen MR) is 94.1 cm³/mol. The minimum atomic E-state index is -2.99. The summed E-state index contributed by atoms with van der Waals surface area (Å²) in [4.78, 5) is 19.8. The summed E-state index contributed by atoms with van der Waals surface area (Å²) >= 11 is 0. The second-order valence-electron chi connectivity index (χ2n) is 5.91. The number of benzene rings is 1. The molecule has 9 heteroatoms. The number of sulfone groups is 1. The molecule has 0 saturated carbocycles. The zero-order valence-corrected chi connectivity index (χ0v) is 14.4. The Morgan fingerprint density at radius 1 is 1.24 bits per heavy atom. The van der Waals surface area contributed by atoms with E-state index in [0.717, 1.165) is 0 Å². The van der Waals surface area contributed by atoms with Crippen LogP contribution in [0.1, 0.15) is 22.6 Å². The van der Waals surface area contributed by atoms with Crippen molar-refractivity contribution in [2.75, 3.05) is 22.1 Å². The van der Waals surface area contributed by atoms with Crippen molar-refractivity contribution in [3.05, 3.63) is 41.7 Å². The first kappa shape index (κ1) is 17.2. The quantitative estimate of drug-likeness (QED) is 0.736. The lowest BCUT2D eigenvalue weighted by atomic mass is 10.2. The van der Waals surface area contributed by atoms with Gasteiger partial charge in [-0.3, -0.25) is 0 Å². The fourth-order valence-electron chi connectivity index (χ4n) is 2.74. The summed E-state index contributed by atoms with van der Waals surface area (Å²) in [5.41, 5.74) is 0.553. The van der Waals surface area contributed by atoms with Gasteiger partial charge in [-0.2, -0.15) is 0 Å². The number of hydrogen-bond donors (Lipinski definition) is 3. The molecule has 2 aromatic rings. The number of carboxylic acids is 1. The van der Waals surface area contributed by atoms with Gasteiger partial charge < -0.3 is 15.7 Å². The van der Waals surface area contributed by atoms with Gasteiger partial charge in [-0.1, -0.05) is 12.1 Å². The summed E-state index contributed by atoms with van der Waals surface area (Å²) in [5, 5.41) is 15.3. The number of aromatic carboxylic acids is 1. The number of aryl methyl sites for hydroxylation is 1. The molecule has 1 unspecified atom stereocenters. The van der Waals surface area contributed by atoms with Crippen LogP contribution in [0.2, 0.25) is 0 Å². The molecule has 0 radical (unpaired) electrons. The molecule has 1 aromatic heterocycles. The van der Waals surface area contributed by atoms with Crippen molar-refractivity contribution in [3.63, 3.8) is 0 Å². The van der Waals surface area contributed by atoms with Gasteiger partial charge in [0.2, 0.25) is 0 Å². The number of rotatable bonds is 5. The van der Waals surface area contributed by atoms with Crippen molar-refractivity contribution in [1.29, 1.82) is 0 Å². The average molecular weight is 362 g/mol. The normalized spacial score (nSPS) is 18.7. The standard InChI is InChI=1S/C16H18N4O4S/c1-10-17-14(19-11-6-7-25(23,24)9-11)8-15(18-10)20-13-5-3-2-4-12(13)16(21)22/h2-5,8,11H,6-7,9H2,1H3,(H,21,22)(H2,17,18,19,20). The highest BCUT2D eigenvalue weighted by Crippen LogP contribution is 2.23. The maximum Gasteiger partial charge on any atom is 0.337 e. The van der Waals surface area contributed by atoms with Gasteiger partial charge in [-0.15, -0.1) is 0 Å². The molecule has 0 bridgehead atoms. The molecule has 8 nitrogen and oxygen atoms in total.